The second kappa shape index (κ2) is 4.10. The molecule has 5 nitrogen and oxygen atoms in total. The molecule has 0 bridgehead atoms. The van der Waals surface area contributed by atoms with Crippen LogP contribution in [0.3, 0.4) is 0 Å². The molecule has 0 atom stereocenters. The Morgan fingerprint density at radius 3 is 2.75 bits per heavy atom. The molecular formula is C10H9BrN4O. The Morgan fingerprint density at radius 2 is 2.25 bits per heavy atom. The van der Waals surface area contributed by atoms with Gasteiger partial charge in [0.05, 0.1) is 0 Å². The summed E-state index contributed by atoms with van der Waals surface area (Å²) in [5.41, 5.74) is 0.888. The lowest BCUT2D eigenvalue weighted by atomic mass is 10.2. The van der Waals surface area contributed by atoms with Gasteiger partial charge >= 0.3 is 0 Å². The van der Waals surface area contributed by atoms with Crippen LogP contribution in [0.5, 0.6) is 0 Å². The van der Waals surface area contributed by atoms with Gasteiger partial charge in [-0.15, -0.1) is 5.10 Å². The summed E-state index contributed by atoms with van der Waals surface area (Å²) in [6.07, 6.45) is 0. The Balaban J connectivity index is 2.62. The first kappa shape index (κ1) is 10.9. The SMILES string of the molecule is CC(C)n1nnc(C#N)c1-c1ccc(Br)o1. The summed E-state index contributed by atoms with van der Waals surface area (Å²) < 4.78 is 7.71. The van der Waals surface area contributed by atoms with Crippen molar-refractivity contribution in [3.05, 3.63) is 22.5 Å². The summed E-state index contributed by atoms with van der Waals surface area (Å²) >= 11 is 3.23. The van der Waals surface area contributed by atoms with Crippen molar-refractivity contribution in [2.75, 3.05) is 0 Å². The standard InChI is InChI=1S/C10H9BrN4O/c1-6(2)15-10(7(5-12)13-14-15)8-3-4-9(11)16-8/h3-4,6H,1-2H3. The van der Waals surface area contributed by atoms with Crippen LogP contribution in [0.25, 0.3) is 11.5 Å². The zero-order valence-corrected chi connectivity index (χ0v) is 10.4. The van der Waals surface area contributed by atoms with Crippen molar-refractivity contribution in [2.45, 2.75) is 19.9 Å². The molecule has 0 aromatic carbocycles. The number of hydrogen-bond acceptors (Lipinski definition) is 4. The third-order valence-corrected chi connectivity index (χ3v) is 2.52. The maximum Gasteiger partial charge on any atom is 0.193 e. The lowest BCUT2D eigenvalue weighted by molar-refractivity contribution is 0.499. The van der Waals surface area contributed by atoms with Crippen molar-refractivity contribution in [2.24, 2.45) is 0 Å². The molecule has 0 saturated heterocycles. The first-order chi connectivity index (χ1) is 7.63. The fourth-order valence-corrected chi connectivity index (χ4v) is 1.71. The fourth-order valence-electron chi connectivity index (χ4n) is 1.40. The van der Waals surface area contributed by atoms with E-state index in [1.165, 1.54) is 0 Å². The smallest absolute Gasteiger partial charge is 0.193 e. The molecule has 0 unspecified atom stereocenters. The molecule has 2 aromatic heterocycles. The Kier molecular flexibility index (Phi) is 2.79. The minimum atomic E-state index is 0.119. The van der Waals surface area contributed by atoms with E-state index >= 15 is 0 Å². The molecule has 16 heavy (non-hydrogen) atoms. The molecule has 82 valence electrons. The van der Waals surface area contributed by atoms with Gasteiger partial charge in [0.2, 0.25) is 0 Å². The maximum absolute atomic E-state index is 8.96. The number of hydrogen-bond donors (Lipinski definition) is 0. The molecule has 0 spiro atoms. The molecule has 0 aliphatic carbocycles. The van der Waals surface area contributed by atoms with Gasteiger partial charge in [-0.1, -0.05) is 5.21 Å². The Bertz CT molecular complexity index is 549. The fraction of sp³-hybridized carbons (Fsp3) is 0.300. The van der Waals surface area contributed by atoms with E-state index in [0.29, 0.717) is 16.1 Å². The van der Waals surface area contributed by atoms with E-state index in [0.717, 1.165) is 0 Å². The maximum atomic E-state index is 8.96. The zero-order valence-electron chi connectivity index (χ0n) is 8.81. The van der Waals surface area contributed by atoms with Crippen molar-refractivity contribution in [1.82, 2.24) is 15.0 Å². The second-order valence-corrected chi connectivity index (χ2v) is 4.32. The molecule has 2 aromatic rings. The highest BCUT2D eigenvalue weighted by atomic mass is 79.9. The van der Waals surface area contributed by atoms with Crippen molar-refractivity contribution >= 4 is 15.9 Å². The molecule has 0 radical (unpaired) electrons. The third-order valence-electron chi connectivity index (χ3n) is 2.10. The summed E-state index contributed by atoms with van der Waals surface area (Å²) in [5, 5.41) is 16.7. The van der Waals surface area contributed by atoms with Gasteiger partial charge in [0, 0.05) is 6.04 Å². The third kappa shape index (κ3) is 1.74. The van der Waals surface area contributed by atoms with E-state index in [2.05, 4.69) is 26.2 Å². The predicted octanol–water partition coefficient (Wildman–Crippen LogP) is 2.75. The topological polar surface area (TPSA) is 67.6 Å². The molecule has 0 fully saturated rings. The van der Waals surface area contributed by atoms with E-state index < -0.39 is 0 Å². The van der Waals surface area contributed by atoms with Crippen molar-refractivity contribution < 1.29 is 4.42 Å². The van der Waals surface area contributed by atoms with Crippen LogP contribution in [0, 0.1) is 11.3 Å². The van der Waals surface area contributed by atoms with Gasteiger partial charge in [-0.3, -0.25) is 0 Å². The Morgan fingerprint density at radius 1 is 1.50 bits per heavy atom. The van der Waals surface area contributed by atoms with E-state index in [-0.39, 0.29) is 11.7 Å². The van der Waals surface area contributed by atoms with Crippen molar-refractivity contribution in [3.63, 3.8) is 0 Å². The number of furan rings is 1. The summed E-state index contributed by atoms with van der Waals surface area (Å²) in [7, 11) is 0. The molecule has 0 amide bonds. The first-order valence-electron chi connectivity index (χ1n) is 4.74. The van der Waals surface area contributed by atoms with Crippen molar-refractivity contribution in [1.29, 1.82) is 5.26 Å². The van der Waals surface area contributed by atoms with Crippen LogP contribution in [0.15, 0.2) is 21.2 Å². The average molecular weight is 281 g/mol. The summed E-state index contributed by atoms with van der Waals surface area (Å²) in [4.78, 5) is 0. The highest BCUT2D eigenvalue weighted by Gasteiger charge is 2.19. The first-order valence-corrected chi connectivity index (χ1v) is 5.53. The van der Waals surface area contributed by atoms with E-state index in [1.807, 2.05) is 19.9 Å². The Hall–Kier alpha value is -1.61. The van der Waals surface area contributed by atoms with Gasteiger partial charge in [0.15, 0.2) is 16.1 Å². The summed E-state index contributed by atoms with van der Waals surface area (Å²) in [6.45, 7) is 3.94. The molecule has 0 aliphatic rings. The molecule has 0 saturated carbocycles. The number of aromatic nitrogens is 3. The highest BCUT2D eigenvalue weighted by molar-refractivity contribution is 9.10. The van der Waals surface area contributed by atoms with E-state index in [1.54, 1.807) is 16.8 Å². The number of nitrogens with zero attached hydrogens (tertiary/aromatic N) is 4. The van der Waals surface area contributed by atoms with Crippen LogP contribution in [0.4, 0.5) is 0 Å². The predicted molar refractivity (Wildman–Crippen MR) is 60.5 cm³/mol. The van der Waals surface area contributed by atoms with Gasteiger partial charge < -0.3 is 4.42 Å². The average Bonchev–Trinajstić information content (AvgIpc) is 2.82. The molecule has 2 rings (SSSR count). The van der Waals surface area contributed by atoms with E-state index in [4.69, 9.17) is 9.68 Å². The number of nitriles is 1. The summed E-state index contributed by atoms with van der Waals surface area (Å²) in [5.74, 6) is 0.585. The lowest BCUT2D eigenvalue weighted by Crippen LogP contribution is -2.04. The summed E-state index contributed by atoms with van der Waals surface area (Å²) in [6, 6.07) is 5.68. The highest BCUT2D eigenvalue weighted by Crippen LogP contribution is 2.28. The van der Waals surface area contributed by atoms with Crippen LogP contribution in [0.1, 0.15) is 25.6 Å². The number of halogens is 1. The molecule has 0 N–H and O–H groups in total. The van der Waals surface area contributed by atoms with Crippen LogP contribution in [-0.2, 0) is 0 Å². The quantitative estimate of drug-likeness (QED) is 0.848. The van der Waals surface area contributed by atoms with E-state index in [9.17, 15) is 0 Å². The van der Waals surface area contributed by atoms with Crippen LogP contribution >= 0.6 is 15.9 Å². The minimum absolute atomic E-state index is 0.119. The monoisotopic (exact) mass is 280 g/mol. The second-order valence-electron chi connectivity index (χ2n) is 3.54. The molecule has 6 heteroatoms. The largest absolute Gasteiger partial charge is 0.448 e. The van der Waals surface area contributed by atoms with Gasteiger partial charge in [-0.05, 0) is 41.9 Å². The van der Waals surface area contributed by atoms with Crippen molar-refractivity contribution in [3.8, 4) is 17.5 Å². The zero-order chi connectivity index (χ0) is 11.7. The normalized spacial score (nSPS) is 10.7. The van der Waals surface area contributed by atoms with Gasteiger partial charge in [-0.25, -0.2) is 4.68 Å². The molecule has 0 aliphatic heterocycles. The lowest BCUT2D eigenvalue weighted by Gasteiger charge is -2.07. The van der Waals surface area contributed by atoms with Crippen LogP contribution in [0.2, 0.25) is 0 Å². The molecular weight excluding hydrogens is 272 g/mol. The Labute approximate surface area is 101 Å². The van der Waals surface area contributed by atoms with Gasteiger partial charge in [0.25, 0.3) is 0 Å². The minimum Gasteiger partial charge on any atom is -0.448 e. The van der Waals surface area contributed by atoms with Gasteiger partial charge in [-0.2, -0.15) is 5.26 Å². The molecule has 2 heterocycles. The van der Waals surface area contributed by atoms with Gasteiger partial charge in [0.1, 0.15) is 11.8 Å². The van der Waals surface area contributed by atoms with Crippen LogP contribution in [-0.4, -0.2) is 15.0 Å². The van der Waals surface area contributed by atoms with Crippen LogP contribution < -0.4 is 0 Å². The number of rotatable bonds is 2.